The van der Waals surface area contributed by atoms with E-state index in [1.54, 1.807) is 18.6 Å². The summed E-state index contributed by atoms with van der Waals surface area (Å²) in [5.41, 5.74) is 11.3. The molecule has 2 aliphatic rings. The number of nitrogens with one attached hydrogen (secondary N) is 1. The van der Waals surface area contributed by atoms with E-state index < -0.39 is 0 Å². The second-order valence-electron chi connectivity index (χ2n) is 9.84. The first-order valence-electron chi connectivity index (χ1n) is 13.5. The fourth-order valence-corrected chi connectivity index (χ4v) is 5.01. The van der Waals surface area contributed by atoms with Gasteiger partial charge in [-0.15, -0.1) is 0 Å². The fraction of sp³-hybridized carbons (Fsp3) is 0.310. The van der Waals surface area contributed by atoms with Crippen LogP contribution in [-0.4, -0.2) is 70.2 Å². The van der Waals surface area contributed by atoms with Gasteiger partial charge in [-0.1, -0.05) is 18.2 Å². The smallest absolute Gasteiger partial charge is 0.251 e. The van der Waals surface area contributed by atoms with E-state index in [1.807, 2.05) is 42.6 Å². The Bertz CT molecular complexity index is 1460. The molecule has 40 heavy (non-hydrogen) atoms. The Morgan fingerprint density at radius 1 is 0.975 bits per heavy atom. The summed E-state index contributed by atoms with van der Waals surface area (Å²) in [6.45, 7) is 4.82. The number of fused-ring (bicyclic) bond motifs is 1. The zero-order valence-electron chi connectivity index (χ0n) is 22.2. The Balaban J connectivity index is 1.18. The van der Waals surface area contributed by atoms with E-state index in [0.29, 0.717) is 37.8 Å². The van der Waals surface area contributed by atoms with Crippen LogP contribution in [0.1, 0.15) is 27.0 Å². The van der Waals surface area contributed by atoms with Crippen molar-refractivity contribution in [2.24, 2.45) is 0 Å². The average molecular weight is 538 g/mol. The van der Waals surface area contributed by atoms with Crippen molar-refractivity contribution in [2.45, 2.75) is 19.4 Å². The molecule has 0 spiro atoms. The molecule has 0 radical (unpaired) electrons. The number of anilines is 3. The molecule has 4 aromatic rings. The summed E-state index contributed by atoms with van der Waals surface area (Å²) < 4.78 is 5.54. The quantitative estimate of drug-likeness (QED) is 0.345. The number of morpholine rings is 1. The molecule has 0 saturated carbocycles. The molecule has 5 heterocycles. The monoisotopic (exact) mass is 537 g/mol. The SMILES string of the molecule is Nc1ncc(-c2nc(N3CCOCC3)nc3c2CCN3Cc2ccc(C(=O)NCCc3cccnc3)cc2)cn1. The molecule has 1 aromatic carbocycles. The molecule has 11 heteroatoms. The van der Waals surface area contributed by atoms with Gasteiger partial charge in [0.2, 0.25) is 11.9 Å². The lowest BCUT2D eigenvalue weighted by Gasteiger charge is -2.28. The number of pyridine rings is 1. The second-order valence-corrected chi connectivity index (χ2v) is 9.84. The van der Waals surface area contributed by atoms with E-state index in [9.17, 15) is 4.79 Å². The van der Waals surface area contributed by atoms with E-state index in [-0.39, 0.29) is 11.9 Å². The average Bonchev–Trinajstić information content (AvgIpc) is 3.41. The maximum Gasteiger partial charge on any atom is 0.251 e. The van der Waals surface area contributed by atoms with Gasteiger partial charge < -0.3 is 25.6 Å². The number of nitrogens with two attached hydrogens (primary N) is 1. The van der Waals surface area contributed by atoms with Crippen LogP contribution in [0.3, 0.4) is 0 Å². The predicted octanol–water partition coefficient (Wildman–Crippen LogP) is 2.28. The summed E-state index contributed by atoms with van der Waals surface area (Å²) in [7, 11) is 0. The number of hydrogen-bond acceptors (Lipinski definition) is 10. The van der Waals surface area contributed by atoms with Crippen molar-refractivity contribution in [3.63, 3.8) is 0 Å². The van der Waals surface area contributed by atoms with Crippen molar-refractivity contribution in [3.05, 3.63) is 83.4 Å². The van der Waals surface area contributed by atoms with Crippen molar-refractivity contribution in [2.75, 3.05) is 54.9 Å². The van der Waals surface area contributed by atoms with E-state index in [4.69, 9.17) is 20.4 Å². The van der Waals surface area contributed by atoms with E-state index in [2.05, 4.69) is 30.1 Å². The van der Waals surface area contributed by atoms with Gasteiger partial charge in [0.15, 0.2) is 0 Å². The maximum absolute atomic E-state index is 12.6. The second kappa shape index (κ2) is 11.6. The minimum atomic E-state index is -0.0831. The third-order valence-corrected chi connectivity index (χ3v) is 7.16. The lowest BCUT2D eigenvalue weighted by Crippen LogP contribution is -2.37. The highest BCUT2D eigenvalue weighted by atomic mass is 16.5. The van der Waals surface area contributed by atoms with Crippen molar-refractivity contribution >= 4 is 23.6 Å². The number of ether oxygens (including phenoxy) is 1. The number of carbonyl (C=O) groups is 1. The predicted molar refractivity (Wildman–Crippen MR) is 152 cm³/mol. The van der Waals surface area contributed by atoms with Crippen molar-refractivity contribution in [1.29, 1.82) is 0 Å². The molecule has 0 aliphatic carbocycles. The van der Waals surface area contributed by atoms with Gasteiger partial charge in [0, 0.05) is 74.2 Å². The lowest BCUT2D eigenvalue weighted by molar-refractivity contribution is 0.0954. The Kier molecular flexibility index (Phi) is 7.45. The van der Waals surface area contributed by atoms with E-state index >= 15 is 0 Å². The first-order valence-corrected chi connectivity index (χ1v) is 13.5. The standard InChI is InChI=1S/C29H31N9O2/c30-28-33-17-23(18-34-28)25-24-8-11-38(26(24)36-29(35-25)37-12-14-40-15-13-37)19-21-3-5-22(6-4-21)27(39)32-10-7-20-2-1-9-31-16-20/h1-6,9,16-18H,7-8,10-15,19H2,(H,32,39)(H2,30,33,34). The summed E-state index contributed by atoms with van der Waals surface area (Å²) in [4.78, 5) is 39.5. The van der Waals surface area contributed by atoms with E-state index in [1.165, 1.54) is 0 Å². The number of amides is 1. The zero-order valence-corrected chi connectivity index (χ0v) is 22.2. The molecule has 1 saturated heterocycles. The summed E-state index contributed by atoms with van der Waals surface area (Å²) in [5, 5.41) is 2.99. The van der Waals surface area contributed by atoms with Crippen molar-refractivity contribution in [3.8, 4) is 11.3 Å². The number of carbonyl (C=O) groups excluding carboxylic acids is 1. The Morgan fingerprint density at radius 3 is 2.52 bits per heavy atom. The molecule has 0 bridgehead atoms. The Labute approximate surface area is 232 Å². The number of nitrogens with zero attached hydrogens (tertiary/aromatic N) is 7. The molecular weight excluding hydrogens is 506 g/mol. The van der Waals surface area contributed by atoms with Crippen LogP contribution in [0.15, 0.2) is 61.2 Å². The number of benzene rings is 1. The first kappa shape index (κ1) is 25.6. The molecular formula is C29H31N9O2. The number of nitrogen functional groups attached to an aromatic ring is 1. The summed E-state index contributed by atoms with van der Waals surface area (Å²) >= 11 is 0. The molecule has 0 unspecified atom stereocenters. The van der Waals surface area contributed by atoms with Crippen LogP contribution >= 0.6 is 0 Å². The molecule has 2 aliphatic heterocycles. The highest BCUT2D eigenvalue weighted by molar-refractivity contribution is 5.94. The first-order chi connectivity index (χ1) is 19.6. The van der Waals surface area contributed by atoms with Gasteiger partial charge in [-0.2, -0.15) is 4.98 Å². The van der Waals surface area contributed by atoms with Gasteiger partial charge in [0.1, 0.15) is 5.82 Å². The van der Waals surface area contributed by atoms with Crippen LogP contribution in [-0.2, 0) is 24.1 Å². The fourth-order valence-electron chi connectivity index (χ4n) is 5.01. The number of hydrogen-bond donors (Lipinski definition) is 2. The highest BCUT2D eigenvalue weighted by Gasteiger charge is 2.28. The molecule has 1 amide bonds. The zero-order chi connectivity index (χ0) is 27.3. The van der Waals surface area contributed by atoms with Gasteiger partial charge in [0.25, 0.3) is 5.91 Å². The van der Waals surface area contributed by atoms with Crippen LogP contribution in [0.2, 0.25) is 0 Å². The molecule has 204 valence electrons. The normalized spacial score (nSPS) is 14.7. The molecule has 3 aromatic heterocycles. The maximum atomic E-state index is 12.6. The van der Waals surface area contributed by atoms with Gasteiger partial charge in [-0.25, -0.2) is 15.0 Å². The minimum absolute atomic E-state index is 0.0831. The molecule has 3 N–H and O–H groups in total. The topological polar surface area (TPSA) is 135 Å². The van der Waals surface area contributed by atoms with Crippen LogP contribution in [0.4, 0.5) is 17.7 Å². The minimum Gasteiger partial charge on any atom is -0.378 e. The highest BCUT2D eigenvalue weighted by Crippen LogP contribution is 2.36. The van der Waals surface area contributed by atoms with E-state index in [0.717, 1.165) is 66.2 Å². The molecule has 0 atom stereocenters. The molecule has 11 nitrogen and oxygen atoms in total. The van der Waals surface area contributed by atoms with Gasteiger partial charge in [-0.3, -0.25) is 9.78 Å². The number of rotatable bonds is 8. The molecule has 1 fully saturated rings. The van der Waals surface area contributed by atoms with Crippen molar-refractivity contribution < 1.29 is 9.53 Å². The Morgan fingerprint density at radius 2 is 1.77 bits per heavy atom. The van der Waals surface area contributed by atoms with Crippen LogP contribution < -0.4 is 20.9 Å². The molecule has 6 rings (SSSR count). The van der Waals surface area contributed by atoms with Gasteiger partial charge in [0.05, 0.1) is 18.9 Å². The largest absolute Gasteiger partial charge is 0.378 e. The van der Waals surface area contributed by atoms with Gasteiger partial charge >= 0.3 is 0 Å². The summed E-state index contributed by atoms with van der Waals surface area (Å²) in [5.74, 6) is 1.75. The lowest BCUT2D eigenvalue weighted by atomic mass is 10.1. The number of aromatic nitrogens is 5. The van der Waals surface area contributed by atoms with Crippen LogP contribution in [0, 0.1) is 0 Å². The van der Waals surface area contributed by atoms with Crippen molar-refractivity contribution in [1.82, 2.24) is 30.2 Å². The van der Waals surface area contributed by atoms with Crippen LogP contribution in [0.5, 0.6) is 0 Å². The summed E-state index contributed by atoms with van der Waals surface area (Å²) in [6, 6.07) is 11.7. The third-order valence-electron chi connectivity index (χ3n) is 7.16. The van der Waals surface area contributed by atoms with Gasteiger partial charge in [-0.05, 0) is 42.2 Å². The van der Waals surface area contributed by atoms with Crippen LogP contribution in [0.25, 0.3) is 11.3 Å². The summed E-state index contributed by atoms with van der Waals surface area (Å²) in [6.07, 6.45) is 8.56. The Hall–Kier alpha value is -4.64. The third kappa shape index (κ3) is 5.69.